The highest BCUT2D eigenvalue weighted by atomic mass is 35.5. The lowest BCUT2D eigenvalue weighted by molar-refractivity contribution is -0.123. The predicted octanol–water partition coefficient (Wildman–Crippen LogP) is 3.62. The molecule has 2 nitrogen and oxygen atoms in total. The fourth-order valence-corrected chi connectivity index (χ4v) is 2.13. The van der Waals surface area contributed by atoms with Crippen molar-refractivity contribution in [2.75, 3.05) is 0 Å². The summed E-state index contributed by atoms with van der Waals surface area (Å²) in [6.45, 7) is 3.84. The number of nitrogens with two attached hydrogens (primary N) is 1. The van der Waals surface area contributed by atoms with Crippen LogP contribution in [0.5, 0.6) is 0 Å². The molecule has 0 aliphatic heterocycles. The Hall–Kier alpha value is -0.570. The van der Waals surface area contributed by atoms with Gasteiger partial charge in [0.2, 0.25) is 0 Å². The van der Waals surface area contributed by atoms with Crippen LogP contribution in [-0.2, 0) is 11.2 Å². The summed E-state index contributed by atoms with van der Waals surface area (Å²) in [6, 6.07) is 5.14. The van der Waals surface area contributed by atoms with Gasteiger partial charge < -0.3 is 5.73 Å². The molecule has 0 aliphatic rings. The number of Topliss-reactive ketones (excluding diaryl/α,β-unsaturated/α-hetero) is 1. The van der Waals surface area contributed by atoms with Crippen LogP contribution in [0.4, 0.5) is 0 Å². The first kappa shape index (κ1) is 14.5. The van der Waals surface area contributed by atoms with Gasteiger partial charge in [0, 0.05) is 16.5 Å². The maximum absolute atomic E-state index is 12.1. The van der Waals surface area contributed by atoms with E-state index in [0.29, 0.717) is 22.9 Å². The monoisotopic (exact) mass is 273 g/mol. The number of hydrogen-bond acceptors (Lipinski definition) is 2. The molecule has 2 N–H and O–H groups in total. The first-order valence-corrected chi connectivity index (χ1v) is 6.44. The van der Waals surface area contributed by atoms with Crippen LogP contribution in [0.25, 0.3) is 0 Å². The topological polar surface area (TPSA) is 43.1 Å². The Labute approximate surface area is 112 Å². The third-order valence-corrected chi connectivity index (χ3v) is 3.77. The standard InChI is InChI=1S/C13H17Cl2NO/c1-3-13(16,4-2)12(17)7-9-5-6-10(14)8-11(9)15/h5-6,8H,3-4,7,16H2,1-2H3. The normalized spacial score (nSPS) is 11.6. The van der Waals surface area contributed by atoms with Crippen molar-refractivity contribution >= 4 is 29.0 Å². The molecule has 0 fully saturated rings. The van der Waals surface area contributed by atoms with Gasteiger partial charge in [-0.15, -0.1) is 0 Å². The Morgan fingerprint density at radius 1 is 1.29 bits per heavy atom. The van der Waals surface area contributed by atoms with Crippen LogP contribution in [0.3, 0.4) is 0 Å². The first-order valence-electron chi connectivity index (χ1n) is 5.69. The van der Waals surface area contributed by atoms with Crippen LogP contribution in [0, 0.1) is 0 Å². The molecule has 4 heteroatoms. The second-order valence-electron chi connectivity index (χ2n) is 4.20. The second-order valence-corrected chi connectivity index (χ2v) is 5.04. The zero-order valence-electron chi connectivity index (χ0n) is 10.1. The van der Waals surface area contributed by atoms with Crippen molar-refractivity contribution in [1.82, 2.24) is 0 Å². The number of halogens is 2. The molecule has 1 aromatic rings. The van der Waals surface area contributed by atoms with Crippen molar-refractivity contribution in [2.24, 2.45) is 5.73 Å². The molecule has 1 rings (SSSR count). The lowest BCUT2D eigenvalue weighted by Gasteiger charge is -2.25. The number of rotatable bonds is 5. The van der Waals surface area contributed by atoms with E-state index in [0.717, 1.165) is 5.56 Å². The molecular formula is C13H17Cl2NO. The third-order valence-electron chi connectivity index (χ3n) is 3.18. The summed E-state index contributed by atoms with van der Waals surface area (Å²) in [5.74, 6) is 0.0201. The molecule has 0 spiro atoms. The van der Waals surface area contributed by atoms with E-state index in [1.54, 1.807) is 18.2 Å². The van der Waals surface area contributed by atoms with E-state index in [2.05, 4.69) is 0 Å². The van der Waals surface area contributed by atoms with Crippen LogP contribution < -0.4 is 5.73 Å². The molecule has 94 valence electrons. The number of hydrogen-bond donors (Lipinski definition) is 1. The minimum absolute atomic E-state index is 0.0201. The van der Waals surface area contributed by atoms with Crippen LogP contribution in [-0.4, -0.2) is 11.3 Å². The van der Waals surface area contributed by atoms with Gasteiger partial charge in [0.25, 0.3) is 0 Å². The summed E-state index contributed by atoms with van der Waals surface area (Å²) in [5.41, 5.74) is 6.08. The van der Waals surface area contributed by atoms with Crippen LogP contribution in [0.1, 0.15) is 32.3 Å². The lowest BCUT2D eigenvalue weighted by atomic mass is 9.86. The molecule has 17 heavy (non-hydrogen) atoms. The van der Waals surface area contributed by atoms with Crippen molar-refractivity contribution in [3.63, 3.8) is 0 Å². The summed E-state index contributed by atoms with van der Waals surface area (Å²) < 4.78 is 0. The molecule has 0 amide bonds. The Morgan fingerprint density at radius 2 is 1.88 bits per heavy atom. The molecule has 0 bridgehead atoms. The Balaban J connectivity index is 2.88. The average Bonchev–Trinajstić information content (AvgIpc) is 2.31. The molecular weight excluding hydrogens is 257 g/mol. The van der Waals surface area contributed by atoms with Crippen molar-refractivity contribution in [3.05, 3.63) is 33.8 Å². The fraction of sp³-hybridized carbons (Fsp3) is 0.462. The van der Waals surface area contributed by atoms with Crippen LogP contribution in [0.15, 0.2) is 18.2 Å². The molecule has 0 radical (unpaired) electrons. The molecule has 0 aliphatic carbocycles. The summed E-state index contributed by atoms with van der Waals surface area (Å²) in [6.07, 6.45) is 1.52. The highest BCUT2D eigenvalue weighted by Crippen LogP contribution is 2.24. The lowest BCUT2D eigenvalue weighted by Crippen LogP contribution is -2.47. The van der Waals surface area contributed by atoms with Crippen molar-refractivity contribution in [3.8, 4) is 0 Å². The van der Waals surface area contributed by atoms with Gasteiger partial charge in [-0.1, -0.05) is 43.1 Å². The smallest absolute Gasteiger partial charge is 0.157 e. The SMILES string of the molecule is CCC(N)(CC)C(=O)Cc1ccc(Cl)cc1Cl. The van der Waals surface area contributed by atoms with E-state index in [-0.39, 0.29) is 12.2 Å². The number of carbonyl (C=O) groups is 1. The van der Waals surface area contributed by atoms with E-state index in [1.165, 1.54) is 0 Å². The summed E-state index contributed by atoms with van der Waals surface area (Å²) in [5, 5.41) is 1.08. The number of carbonyl (C=O) groups excluding carboxylic acids is 1. The van der Waals surface area contributed by atoms with Gasteiger partial charge in [0.15, 0.2) is 5.78 Å². The van der Waals surface area contributed by atoms with Gasteiger partial charge >= 0.3 is 0 Å². The highest BCUT2D eigenvalue weighted by molar-refractivity contribution is 6.35. The van der Waals surface area contributed by atoms with Crippen LogP contribution in [0.2, 0.25) is 10.0 Å². The molecule has 0 atom stereocenters. The highest BCUT2D eigenvalue weighted by Gasteiger charge is 2.29. The number of benzene rings is 1. The van der Waals surface area contributed by atoms with Crippen LogP contribution >= 0.6 is 23.2 Å². The number of ketones is 1. The van der Waals surface area contributed by atoms with E-state index in [9.17, 15) is 4.79 Å². The first-order chi connectivity index (χ1) is 7.92. The van der Waals surface area contributed by atoms with E-state index in [1.807, 2.05) is 13.8 Å². The van der Waals surface area contributed by atoms with Gasteiger partial charge in [0.05, 0.1) is 5.54 Å². The summed E-state index contributed by atoms with van der Waals surface area (Å²) in [4.78, 5) is 12.1. The quantitative estimate of drug-likeness (QED) is 0.891. The van der Waals surface area contributed by atoms with Gasteiger partial charge in [0.1, 0.15) is 0 Å². The molecule has 0 saturated heterocycles. The molecule has 0 heterocycles. The Morgan fingerprint density at radius 3 is 2.35 bits per heavy atom. The largest absolute Gasteiger partial charge is 0.319 e. The maximum atomic E-state index is 12.1. The minimum atomic E-state index is -0.747. The fourth-order valence-electron chi connectivity index (χ4n) is 1.66. The minimum Gasteiger partial charge on any atom is -0.319 e. The molecule has 1 aromatic carbocycles. The van der Waals surface area contributed by atoms with Crippen molar-refractivity contribution in [1.29, 1.82) is 0 Å². The van der Waals surface area contributed by atoms with Gasteiger partial charge in [-0.2, -0.15) is 0 Å². The Kier molecular flexibility index (Phi) is 4.99. The molecule has 0 aromatic heterocycles. The summed E-state index contributed by atoms with van der Waals surface area (Å²) in [7, 11) is 0. The maximum Gasteiger partial charge on any atom is 0.157 e. The zero-order valence-corrected chi connectivity index (χ0v) is 11.6. The predicted molar refractivity (Wildman–Crippen MR) is 72.7 cm³/mol. The zero-order chi connectivity index (χ0) is 13.1. The Bertz CT molecular complexity index is 414. The van der Waals surface area contributed by atoms with E-state index < -0.39 is 5.54 Å². The molecule has 0 unspecified atom stereocenters. The summed E-state index contributed by atoms with van der Waals surface area (Å²) >= 11 is 11.8. The van der Waals surface area contributed by atoms with E-state index >= 15 is 0 Å². The molecule has 0 saturated carbocycles. The van der Waals surface area contributed by atoms with Crippen molar-refractivity contribution < 1.29 is 4.79 Å². The van der Waals surface area contributed by atoms with Gasteiger partial charge in [-0.3, -0.25) is 4.79 Å². The van der Waals surface area contributed by atoms with Gasteiger partial charge in [-0.25, -0.2) is 0 Å². The third kappa shape index (κ3) is 3.44. The van der Waals surface area contributed by atoms with Crippen molar-refractivity contribution in [2.45, 2.75) is 38.6 Å². The average molecular weight is 274 g/mol. The van der Waals surface area contributed by atoms with Gasteiger partial charge in [-0.05, 0) is 30.5 Å². The second kappa shape index (κ2) is 5.85. The van der Waals surface area contributed by atoms with E-state index in [4.69, 9.17) is 28.9 Å².